The third kappa shape index (κ3) is 3.85. The van der Waals surface area contributed by atoms with E-state index in [4.69, 9.17) is 22.1 Å². The van der Waals surface area contributed by atoms with Gasteiger partial charge in [-0.15, -0.1) is 0 Å². The van der Waals surface area contributed by atoms with Crippen molar-refractivity contribution in [2.24, 2.45) is 17.1 Å². The number of hydrogen-bond acceptors (Lipinski definition) is 6. The molecule has 168 valence electrons. The highest BCUT2D eigenvalue weighted by molar-refractivity contribution is 6.30. The van der Waals surface area contributed by atoms with E-state index >= 15 is 0 Å². The molecule has 33 heavy (non-hydrogen) atoms. The van der Waals surface area contributed by atoms with Gasteiger partial charge in [0.2, 0.25) is 5.41 Å². The topological polar surface area (TPSA) is 100 Å². The lowest BCUT2D eigenvalue weighted by molar-refractivity contribution is -0.151. The van der Waals surface area contributed by atoms with Crippen molar-refractivity contribution in [2.75, 3.05) is 0 Å². The lowest BCUT2D eigenvalue weighted by Crippen LogP contribution is -2.42. The number of ether oxygens (including phenoxy) is 1. The number of nitriles is 1. The molecule has 6 nitrogen and oxygen atoms in total. The van der Waals surface area contributed by atoms with Gasteiger partial charge in [-0.05, 0) is 59.9 Å². The zero-order chi connectivity index (χ0) is 23.8. The Morgan fingerprint density at radius 1 is 1.30 bits per heavy atom. The molecular formula is C26H25ClN4O2. The van der Waals surface area contributed by atoms with Crippen LogP contribution in [-0.2, 0) is 9.53 Å². The predicted octanol–water partition coefficient (Wildman–Crippen LogP) is 4.42. The Hall–Kier alpha value is -3.69. The van der Waals surface area contributed by atoms with E-state index in [1.54, 1.807) is 31.3 Å². The number of carbonyl (C=O) groups is 1. The van der Waals surface area contributed by atoms with Crippen LogP contribution in [0, 0.1) is 22.7 Å². The summed E-state index contributed by atoms with van der Waals surface area (Å²) < 4.78 is 5.95. The monoisotopic (exact) mass is 460 g/mol. The number of dihydropyridines is 2. The minimum atomic E-state index is -1.61. The standard InChI is InChI=1S/C26H25ClN4O2/c1-15(2)23-22(9-10-30-24(23)29)33-25(32)26(14-28)16(3)7-8-21-20(26)12-18(13-31-21)17-5-4-6-19(27)11-17/h4-13,15,22,30-31H,29H2,1-3H3. The molecule has 1 aromatic rings. The highest BCUT2D eigenvalue weighted by Gasteiger charge is 2.50. The first-order valence-corrected chi connectivity index (χ1v) is 11.0. The molecule has 4 N–H and O–H groups in total. The van der Waals surface area contributed by atoms with Crippen LogP contribution in [0.2, 0.25) is 5.02 Å². The summed E-state index contributed by atoms with van der Waals surface area (Å²) in [5, 5.41) is 17.2. The number of carbonyl (C=O) groups excluding carboxylic acids is 1. The van der Waals surface area contributed by atoms with Gasteiger partial charge in [-0.1, -0.05) is 43.7 Å². The van der Waals surface area contributed by atoms with Crippen molar-refractivity contribution in [1.29, 1.82) is 5.26 Å². The number of hydrogen-bond donors (Lipinski definition) is 3. The molecule has 0 fully saturated rings. The zero-order valence-electron chi connectivity index (χ0n) is 18.6. The number of nitrogens with zero attached hydrogens (tertiary/aromatic N) is 1. The maximum atomic E-state index is 13.7. The van der Waals surface area contributed by atoms with Gasteiger partial charge in [0.1, 0.15) is 11.9 Å². The normalized spacial score (nSPS) is 23.8. The summed E-state index contributed by atoms with van der Waals surface area (Å²) in [6.45, 7) is 5.72. The Bertz CT molecular complexity index is 1240. The van der Waals surface area contributed by atoms with Gasteiger partial charge in [-0.2, -0.15) is 5.26 Å². The maximum absolute atomic E-state index is 13.7. The average Bonchev–Trinajstić information content (AvgIpc) is 2.78. The van der Waals surface area contributed by atoms with Crippen LogP contribution < -0.4 is 16.4 Å². The Kier molecular flexibility index (Phi) is 5.92. The van der Waals surface area contributed by atoms with Gasteiger partial charge in [0, 0.05) is 34.3 Å². The summed E-state index contributed by atoms with van der Waals surface area (Å²) in [6.07, 6.45) is 10.0. The van der Waals surface area contributed by atoms with E-state index in [0.29, 0.717) is 27.7 Å². The average molecular weight is 461 g/mol. The third-order valence-electron chi connectivity index (χ3n) is 6.08. The van der Waals surface area contributed by atoms with E-state index in [9.17, 15) is 10.1 Å². The lowest BCUT2D eigenvalue weighted by atomic mass is 9.70. The summed E-state index contributed by atoms with van der Waals surface area (Å²) >= 11 is 6.18. The van der Waals surface area contributed by atoms with Gasteiger partial charge in [-0.25, -0.2) is 4.79 Å². The molecule has 0 saturated carbocycles. The van der Waals surface area contributed by atoms with Crippen molar-refractivity contribution < 1.29 is 9.53 Å². The van der Waals surface area contributed by atoms with Crippen LogP contribution in [0.4, 0.5) is 0 Å². The van der Waals surface area contributed by atoms with Crippen LogP contribution in [-0.4, -0.2) is 12.1 Å². The summed E-state index contributed by atoms with van der Waals surface area (Å²) in [7, 11) is 0. The fourth-order valence-corrected chi connectivity index (χ4v) is 4.50. The van der Waals surface area contributed by atoms with Gasteiger partial charge >= 0.3 is 5.97 Å². The highest BCUT2D eigenvalue weighted by Crippen LogP contribution is 2.45. The first-order valence-electron chi connectivity index (χ1n) is 10.7. The molecule has 1 aliphatic carbocycles. The lowest BCUT2D eigenvalue weighted by Gasteiger charge is -2.36. The number of allylic oxidation sites excluding steroid dienone is 5. The van der Waals surface area contributed by atoms with E-state index in [1.807, 2.05) is 50.4 Å². The first kappa shape index (κ1) is 22.5. The molecule has 0 saturated heterocycles. The van der Waals surface area contributed by atoms with Crippen molar-refractivity contribution in [3.63, 3.8) is 0 Å². The maximum Gasteiger partial charge on any atom is 0.336 e. The minimum Gasteiger partial charge on any atom is -0.452 e. The highest BCUT2D eigenvalue weighted by atomic mass is 35.5. The Balaban J connectivity index is 1.75. The second-order valence-corrected chi connectivity index (χ2v) is 8.89. The van der Waals surface area contributed by atoms with Gasteiger partial charge in [0.15, 0.2) is 0 Å². The number of nitrogens with two attached hydrogens (primary N) is 1. The number of halogens is 1. The van der Waals surface area contributed by atoms with E-state index in [0.717, 1.165) is 16.7 Å². The molecule has 4 rings (SSSR count). The number of fused-ring (bicyclic) bond motifs is 1. The number of benzene rings is 1. The van der Waals surface area contributed by atoms with Crippen LogP contribution in [0.3, 0.4) is 0 Å². The second-order valence-electron chi connectivity index (χ2n) is 8.46. The second kappa shape index (κ2) is 8.68. The van der Waals surface area contributed by atoms with Crippen molar-refractivity contribution in [3.8, 4) is 6.07 Å². The first-order chi connectivity index (χ1) is 15.8. The SMILES string of the molecule is CC1=CC=C2NC=C(c3cccc(Cl)c3)C=C2C1(C#N)C(=O)OC1C=CNC(N)=C1C(C)C. The van der Waals surface area contributed by atoms with E-state index < -0.39 is 17.5 Å². The largest absolute Gasteiger partial charge is 0.452 e. The quantitative estimate of drug-likeness (QED) is 0.575. The summed E-state index contributed by atoms with van der Waals surface area (Å²) in [5.41, 5.74) is 8.74. The molecule has 0 amide bonds. The molecule has 3 aliphatic rings. The molecule has 2 heterocycles. The Morgan fingerprint density at radius 2 is 2.09 bits per heavy atom. The Morgan fingerprint density at radius 3 is 2.79 bits per heavy atom. The third-order valence-corrected chi connectivity index (χ3v) is 6.32. The molecule has 2 atom stereocenters. The Labute approximate surface area is 198 Å². The summed E-state index contributed by atoms with van der Waals surface area (Å²) in [5.74, 6) is -0.144. The molecule has 0 radical (unpaired) electrons. The summed E-state index contributed by atoms with van der Waals surface area (Å²) in [6, 6.07) is 9.67. The van der Waals surface area contributed by atoms with Gasteiger partial charge in [0.25, 0.3) is 0 Å². The van der Waals surface area contributed by atoms with Gasteiger partial charge in [0.05, 0.1) is 6.07 Å². The van der Waals surface area contributed by atoms with Gasteiger partial charge in [-0.3, -0.25) is 0 Å². The summed E-state index contributed by atoms with van der Waals surface area (Å²) in [4.78, 5) is 13.7. The number of esters is 1. The molecule has 2 aliphatic heterocycles. The van der Waals surface area contributed by atoms with Gasteiger partial charge < -0.3 is 21.1 Å². The van der Waals surface area contributed by atoms with Crippen LogP contribution in [0.1, 0.15) is 26.3 Å². The molecular weight excluding hydrogens is 436 g/mol. The fourth-order valence-electron chi connectivity index (χ4n) is 4.31. The molecule has 0 bridgehead atoms. The van der Waals surface area contributed by atoms with Crippen LogP contribution in [0.25, 0.3) is 5.57 Å². The number of nitrogens with one attached hydrogen (secondary N) is 2. The number of rotatable bonds is 4. The van der Waals surface area contributed by atoms with Crippen LogP contribution in [0.5, 0.6) is 0 Å². The molecule has 0 spiro atoms. The van der Waals surface area contributed by atoms with Crippen molar-refractivity contribution >= 4 is 23.1 Å². The molecule has 0 aromatic heterocycles. The molecule has 7 heteroatoms. The molecule has 2 unspecified atom stereocenters. The molecule has 1 aromatic carbocycles. The smallest absolute Gasteiger partial charge is 0.336 e. The van der Waals surface area contributed by atoms with Crippen molar-refractivity contribution in [1.82, 2.24) is 10.6 Å². The minimum absolute atomic E-state index is 0.0460. The predicted molar refractivity (Wildman–Crippen MR) is 129 cm³/mol. The van der Waals surface area contributed by atoms with Crippen molar-refractivity contribution in [3.05, 3.63) is 99.8 Å². The van der Waals surface area contributed by atoms with Crippen molar-refractivity contribution in [2.45, 2.75) is 26.9 Å². The fraction of sp³-hybridized carbons (Fsp3) is 0.231. The zero-order valence-corrected chi connectivity index (χ0v) is 19.4. The van der Waals surface area contributed by atoms with E-state index in [-0.39, 0.29) is 5.92 Å². The van der Waals surface area contributed by atoms with E-state index in [2.05, 4.69) is 16.7 Å². The van der Waals surface area contributed by atoms with Crippen LogP contribution >= 0.6 is 11.6 Å². The van der Waals surface area contributed by atoms with E-state index in [1.165, 1.54) is 0 Å². The van der Waals surface area contributed by atoms with Crippen LogP contribution in [0.15, 0.2) is 89.2 Å².